The molecule has 0 atom stereocenters. The second kappa shape index (κ2) is 8.04. The van der Waals surface area contributed by atoms with Crippen molar-refractivity contribution in [3.05, 3.63) is 46.5 Å². The highest BCUT2D eigenvalue weighted by molar-refractivity contribution is 7.99. The third-order valence-corrected chi connectivity index (χ3v) is 4.66. The van der Waals surface area contributed by atoms with E-state index in [-0.39, 0.29) is 22.7 Å². The number of carbonyl (C=O) groups excluding carboxylic acids is 2. The predicted molar refractivity (Wildman–Crippen MR) is 101 cm³/mol. The maximum Gasteiger partial charge on any atom is 0.338 e. The Kier molecular flexibility index (Phi) is 5.55. The molecule has 1 aromatic carbocycles. The van der Waals surface area contributed by atoms with Crippen LogP contribution in [0.1, 0.15) is 17.3 Å². The number of hydrogen-bond donors (Lipinski definition) is 2. The van der Waals surface area contributed by atoms with E-state index in [9.17, 15) is 14.4 Å². The van der Waals surface area contributed by atoms with Gasteiger partial charge in [0.05, 0.1) is 24.3 Å². The van der Waals surface area contributed by atoms with Gasteiger partial charge in [0.25, 0.3) is 5.56 Å². The van der Waals surface area contributed by atoms with E-state index in [0.717, 1.165) is 0 Å². The lowest BCUT2D eigenvalue weighted by atomic mass is 10.2. The van der Waals surface area contributed by atoms with Gasteiger partial charge in [0, 0.05) is 12.7 Å². The standard InChI is InChI=1S/C17H17N5O4S/c1-3-26-16(25)10-4-6-11(7-5-10)20-12(23)8-27-17-21-13-14(22(17)2)18-9-19-15(13)24/h4-7,9H,3,8H2,1-2H3,(H,20,23)(H,18,19,24). The number of nitrogens with zero attached hydrogens (tertiary/aromatic N) is 3. The Labute approximate surface area is 158 Å². The number of imidazole rings is 1. The first-order chi connectivity index (χ1) is 13.0. The quantitative estimate of drug-likeness (QED) is 0.487. The third kappa shape index (κ3) is 4.17. The molecule has 3 rings (SSSR count). The molecule has 2 heterocycles. The van der Waals surface area contributed by atoms with Crippen LogP contribution < -0.4 is 10.9 Å². The molecule has 0 aliphatic rings. The van der Waals surface area contributed by atoms with Crippen molar-refractivity contribution in [2.45, 2.75) is 12.1 Å². The van der Waals surface area contributed by atoms with Gasteiger partial charge in [-0.05, 0) is 31.2 Å². The molecule has 0 saturated heterocycles. The third-order valence-electron chi connectivity index (χ3n) is 3.63. The number of aryl methyl sites for hydroxylation is 1. The summed E-state index contributed by atoms with van der Waals surface area (Å²) in [5.41, 5.74) is 1.35. The minimum atomic E-state index is -0.406. The fourth-order valence-electron chi connectivity index (χ4n) is 2.35. The fourth-order valence-corrected chi connectivity index (χ4v) is 3.12. The Morgan fingerprint density at radius 3 is 2.70 bits per heavy atom. The van der Waals surface area contributed by atoms with Crippen LogP contribution >= 0.6 is 11.8 Å². The van der Waals surface area contributed by atoms with Crippen LogP contribution in [0.2, 0.25) is 0 Å². The lowest BCUT2D eigenvalue weighted by Crippen LogP contribution is -2.14. The Bertz CT molecular complexity index is 1040. The summed E-state index contributed by atoms with van der Waals surface area (Å²) in [6, 6.07) is 6.44. The molecule has 0 radical (unpaired) electrons. The minimum absolute atomic E-state index is 0.106. The number of anilines is 1. The molecule has 0 aliphatic heterocycles. The van der Waals surface area contributed by atoms with Gasteiger partial charge in [0.15, 0.2) is 16.3 Å². The number of thioether (sulfide) groups is 1. The van der Waals surface area contributed by atoms with Crippen LogP contribution in [0.5, 0.6) is 0 Å². The largest absolute Gasteiger partial charge is 0.462 e. The van der Waals surface area contributed by atoms with Crippen molar-refractivity contribution in [1.82, 2.24) is 19.5 Å². The monoisotopic (exact) mass is 387 g/mol. The second-order valence-corrected chi connectivity index (χ2v) is 6.43. The number of rotatable bonds is 6. The predicted octanol–water partition coefficient (Wildman–Crippen LogP) is 1.56. The maximum atomic E-state index is 12.2. The Morgan fingerprint density at radius 1 is 1.30 bits per heavy atom. The summed E-state index contributed by atoms with van der Waals surface area (Å²) >= 11 is 1.20. The van der Waals surface area contributed by atoms with E-state index < -0.39 is 5.97 Å². The van der Waals surface area contributed by atoms with Crippen molar-refractivity contribution in [1.29, 1.82) is 0 Å². The molecule has 1 amide bonds. The average Bonchev–Trinajstić information content (AvgIpc) is 2.98. The van der Waals surface area contributed by atoms with E-state index in [1.54, 1.807) is 42.8 Å². The second-order valence-electron chi connectivity index (χ2n) is 5.49. The highest BCUT2D eigenvalue weighted by atomic mass is 32.2. The van der Waals surface area contributed by atoms with Gasteiger partial charge in [-0.2, -0.15) is 0 Å². The van der Waals surface area contributed by atoms with Gasteiger partial charge in [-0.15, -0.1) is 0 Å². The summed E-state index contributed by atoms with van der Waals surface area (Å²) in [7, 11) is 1.73. The molecule has 0 spiro atoms. The van der Waals surface area contributed by atoms with Crippen LogP contribution in [0.4, 0.5) is 5.69 Å². The van der Waals surface area contributed by atoms with Crippen molar-refractivity contribution in [2.75, 3.05) is 17.7 Å². The van der Waals surface area contributed by atoms with Crippen molar-refractivity contribution in [3.63, 3.8) is 0 Å². The number of carbonyl (C=O) groups is 2. The van der Waals surface area contributed by atoms with Crippen LogP contribution in [0.25, 0.3) is 11.2 Å². The molecule has 0 aliphatic carbocycles. The van der Waals surface area contributed by atoms with Gasteiger partial charge in [-0.1, -0.05) is 11.8 Å². The minimum Gasteiger partial charge on any atom is -0.462 e. The van der Waals surface area contributed by atoms with Crippen LogP contribution in [0.15, 0.2) is 40.5 Å². The molecule has 9 nitrogen and oxygen atoms in total. The zero-order valence-corrected chi connectivity index (χ0v) is 15.5. The van der Waals surface area contributed by atoms with E-state index in [2.05, 4.69) is 20.3 Å². The molecule has 0 saturated carbocycles. The number of aromatic amines is 1. The normalized spacial score (nSPS) is 10.7. The Morgan fingerprint density at radius 2 is 2.04 bits per heavy atom. The van der Waals surface area contributed by atoms with Crippen molar-refractivity contribution >= 4 is 40.5 Å². The first-order valence-corrected chi connectivity index (χ1v) is 9.08. The number of aromatic nitrogens is 4. The summed E-state index contributed by atoms with van der Waals surface area (Å²) in [5.74, 6) is -0.538. The van der Waals surface area contributed by atoms with E-state index in [0.29, 0.717) is 28.7 Å². The highest BCUT2D eigenvalue weighted by Crippen LogP contribution is 2.20. The number of esters is 1. The SMILES string of the molecule is CCOC(=O)c1ccc(NC(=O)CSc2nc3c(=O)[nH]cnc3n2C)cc1. The molecule has 2 aromatic heterocycles. The molecule has 0 unspecified atom stereocenters. The van der Waals surface area contributed by atoms with Gasteiger partial charge in [-0.3, -0.25) is 9.59 Å². The fraction of sp³-hybridized carbons (Fsp3) is 0.235. The van der Waals surface area contributed by atoms with Gasteiger partial charge in [0.2, 0.25) is 5.91 Å². The lowest BCUT2D eigenvalue weighted by Gasteiger charge is -2.06. The van der Waals surface area contributed by atoms with Crippen LogP contribution in [-0.2, 0) is 16.6 Å². The molecule has 3 aromatic rings. The molecular formula is C17H17N5O4S. The van der Waals surface area contributed by atoms with Crippen LogP contribution in [-0.4, -0.2) is 43.8 Å². The first kappa shape index (κ1) is 18.6. The number of hydrogen-bond acceptors (Lipinski definition) is 7. The van der Waals surface area contributed by atoms with E-state index in [4.69, 9.17) is 4.74 Å². The van der Waals surface area contributed by atoms with E-state index >= 15 is 0 Å². The van der Waals surface area contributed by atoms with Crippen LogP contribution in [0.3, 0.4) is 0 Å². The smallest absolute Gasteiger partial charge is 0.338 e. The maximum absolute atomic E-state index is 12.2. The summed E-state index contributed by atoms with van der Waals surface area (Å²) < 4.78 is 6.58. The van der Waals surface area contributed by atoms with Gasteiger partial charge < -0.3 is 19.6 Å². The molecule has 0 fully saturated rings. The summed E-state index contributed by atoms with van der Waals surface area (Å²) in [4.78, 5) is 46.3. The number of ether oxygens (including phenoxy) is 1. The molecule has 10 heteroatoms. The van der Waals surface area contributed by atoms with Crippen molar-refractivity contribution in [2.24, 2.45) is 7.05 Å². The topological polar surface area (TPSA) is 119 Å². The number of amides is 1. The highest BCUT2D eigenvalue weighted by Gasteiger charge is 2.14. The van der Waals surface area contributed by atoms with Gasteiger partial charge in [-0.25, -0.2) is 14.8 Å². The molecule has 2 N–H and O–H groups in total. The summed E-state index contributed by atoms with van der Waals surface area (Å²) in [5, 5.41) is 3.26. The number of fused-ring (bicyclic) bond motifs is 1. The summed E-state index contributed by atoms with van der Waals surface area (Å²) in [6.45, 7) is 2.04. The lowest BCUT2D eigenvalue weighted by molar-refractivity contribution is -0.113. The van der Waals surface area contributed by atoms with E-state index in [1.165, 1.54) is 18.1 Å². The van der Waals surface area contributed by atoms with Gasteiger partial charge >= 0.3 is 5.97 Å². The van der Waals surface area contributed by atoms with Crippen molar-refractivity contribution in [3.8, 4) is 0 Å². The molecule has 140 valence electrons. The van der Waals surface area contributed by atoms with E-state index in [1.807, 2.05) is 0 Å². The Balaban J connectivity index is 1.62. The Hall–Kier alpha value is -3.14. The van der Waals surface area contributed by atoms with Crippen LogP contribution in [0, 0.1) is 0 Å². The number of nitrogens with one attached hydrogen (secondary N) is 2. The van der Waals surface area contributed by atoms with Gasteiger partial charge in [0.1, 0.15) is 0 Å². The zero-order chi connectivity index (χ0) is 19.4. The number of benzene rings is 1. The molecule has 0 bridgehead atoms. The zero-order valence-electron chi connectivity index (χ0n) is 14.7. The average molecular weight is 387 g/mol. The molecular weight excluding hydrogens is 370 g/mol. The first-order valence-electron chi connectivity index (χ1n) is 8.09. The number of H-pyrrole nitrogens is 1. The molecule has 27 heavy (non-hydrogen) atoms. The summed E-state index contributed by atoms with van der Waals surface area (Å²) in [6.07, 6.45) is 1.31. The van der Waals surface area contributed by atoms with Crippen molar-refractivity contribution < 1.29 is 14.3 Å².